The van der Waals surface area contributed by atoms with Gasteiger partial charge >= 0.3 is 11.9 Å². The highest BCUT2D eigenvalue weighted by atomic mass is 16.4. The largest absolute Gasteiger partial charge is 0.481 e. The number of carbonyl (C=O) groups excluding carboxylic acids is 7. The van der Waals surface area contributed by atoms with Gasteiger partial charge in [-0.15, -0.1) is 0 Å². The summed E-state index contributed by atoms with van der Waals surface area (Å²) in [5.41, 5.74) is 21.8. The van der Waals surface area contributed by atoms with Crippen LogP contribution in [0.1, 0.15) is 79.1 Å². The highest BCUT2D eigenvalue weighted by Crippen LogP contribution is 2.10. The Bertz CT molecular complexity index is 1460. The van der Waals surface area contributed by atoms with Gasteiger partial charge in [-0.05, 0) is 50.4 Å². The summed E-state index contributed by atoms with van der Waals surface area (Å²) in [6, 6.07) is -10.4. The summed E-state index contributed by atoms with van der Waals surface area (Å²) < 4.78 is 0. The van der Waals surface area contributed by atoms with Crippen molar-refractivity contribution in [2.45, 2.75) is 121 Å². The number of carbonyl (C=O) groups is 9. The number of rotatable bonds is 29. The van der Waals surface area contributed by atoms with Gasteiger partial charge in [-0.2, -0.15) is 0 Å². The number of nitrogens with zero attached hydrogens (tertiary/aromatic N) is 1. The van der Waals surface area contributed by atoms with Crippen LogP contribution in [-0.4, -0.2) is 142 Å². The van der Waals surface area contributed by atoms with Crippen molar-refractivity contribution in [2.75, 3.05) is 19.8 Å². The molecule has 0 bridgehead atoms. The molecule has 0 rings (SSSR count). The highest BCUT2D eigenvalue weighted by molar-refractivity contribution is 5.97. The number of amides is 7. The molecule has 0 saturated heterocycles. The van der Waals surface area contributed by atoms with Crippen molar-refractivity contribution in [2.24, 2.45) is 39.8 Å². The quantitative estimate of drug-likeness (QED) is 0.0190. The molecule has 0 aliphatic carbocycles. The predicted molar refractivity (Wildman–Crippen MR) is 205 cm³/mol. The van der Waals surface area contributed by atoms with Gasteiger partial charge in [-0.25, -0.2) is 4.79 Å². The third-order valence-corrected chi connectivity index (χ3v) is 8.19. The molecule has 0 aliphatic heterocycles. The maximum atomic E-state index is 13.7. The number of hydrogen-bond acceptors (Lipinski definition) is 13. The lowest BCUT2D eigenvalue weighted by Gasteiger charge is -2.28. The Morgan fingerprint density at radius 2 is 0.931 bits per heavy atom. The number of hydrogen-bond donors (Lipinski definition) is 14. The first-order valence-electron chi connectivity index (χ1n) is 18.6. The van der Waals surface area contributed by atoms with E-state index < -0.39 is 134 Å². The number of guanidine groups is 1. The molecule has 0 unspecified atom stereocenters. The molecule has 0 aromatic carbocycles. The number of aliphatic hydroxyl groups is 2. The van der Waals surface area contributed by atoms with E-state index in [1.54, 1.807) is 13.8 Å². The maximum absolute atomic E-state index is 13.7. The molecule has 0 saturated carbocycles. The van der Waals surface area contributed by atoms with E-state index in [0.29, 0.717) is 0 Å². The first kappa shape index (κ1) is 52.4. The van der Waals surface area contributed by atoms with Crippen molar-refractivity contribution in [3.8, 4) is 0 Å². The van der Waals surface area contributed by atoms with Crippen molar-refractivity contribution in [3.05, 3.63) is 0 Å². The summed E-state index contributed by atoms with van der Waals surface area (Å²) in [6.07, 6.45) is -2.00. The molecule has 0 heterocycles. The molecular formula is C34H61N11O13. The van der Waals surface area contributed by atoms with Crippen LogP contribution in [0.15, 0.2) is 4.99 Å². The van der Waals surface area contributed by atoms with Crippen LogP contribution in [0.3, 0.4) is 0 Å². The topological polar surface area (TPSA) is 423 Å². The molecule has 24 heteroatoms. The Morgan fingerprint density at radius 1 is 0.534 bits per heavy atom. The fraction of sp³-hybridized carbons (Fsp3) is 0.706. The van der Waals surface area contributed by atoms with Gasteiger partial charge in [0.25, 0.3) is 0 Å². The molecule has 58 heavy (non-hydrogen) atoms. The van der Waals surface area contributed by atoms with E-state index in [9.17, 15) is 63.6 Å². The van der Waals surface area contributed by atoms with E-state index in [-0.39, 0.29) is 50.0 Å². The van der Waals surface area contributed by atoms with Crippen LogP contribution in [-0.2, 0) is 43.2 Å². The number of aliphatic carboxylic acids is 2. The number of nitrogens with two attached hydrogens (primary N) is 4. The number of aliphatic imine (C=N–C) groups is 1. The second-order valence-corrected chi connectivity index (χ2v) is 14.3. The zero-order valence-corrected chi connectivity index (χ0v) is 33.2. The number of carboxylic acid groups (broad SMARTS) is 2. The monoisotopic (exact) mass is 831 g/mol. The van der Waals surface area contributed by atoms with Crippen molar-refractivity contribution < 1.29 is 63.6 Å². The van der Waals surface area contributed by atoms with Crippen LogP contribution in [0.5, 0.6) is 0 Å². The molecule has 0 radical (unpaired) electrons. The highest BCUT2D eigenvalue weighted by Gasteiger charge is 2.34. The molecule has 7 amide bonds. The van der Waals surface area contributed by atoms with E-state index in [1.165, 1.54) is 0 Å². The lowest BCUT2D eigenvalue weighted by Crippen LogP contribution is -2.60. The van der Waals surface area contributed by atoms with Crippen LogP contribution in [0.2, 0.25) is 0 Å². The molecule has 0 aliphatic rings. The Hall–Kier alpha value is -5.62. The molecule has 24 nitrogen and oxygen atoms in total. The van der Waals surface area contributed by atoms with E-state index >= 15 is 0 Å². The standard InChI is InChI=1S/C34H61N11O13/c1-16(2)12-18(35)27(51)44-23(14-46)32(56)43-22(13-17(3)4)31(55)42-21(8-10-26(49)50)30(54)41-20(7-9-25(36)48)29(53)40-19(6-5-11-39-34(37)38)28(52)45-24(15-47)33(57)58/h16-24,46-47H,5-15,35H2,1-4H3,(H2,36,48)(H,40,53)(H,41,54)(H,42,55)(H,43,56)(H,44,51)(H,45,52)(H,49,50)(H,57,58)(H4,37,38,39)/t18-,19-,20-,21-,22-,23-,24-/m0/s1. The van der Waals surface area contributed by atoms with Gasteiger partial charge in [-0.3, -0.25) is 43.3 Å². The first-order chi connectivity index (χ1) is 27.0. The van der Waals surface area contributed by atoms with Gasteiger partial charge in [0, 0.05) is 19.4 Å². The third kappa shape index (κ3) is 21.6. The fourth-order valence-corrected chi connectivity index (χ4v) is 5.20. The van der Waals surface area contributed by atoms with Crippen LogP contribution < -0.4 is 54.8 Å². The zero-order chi connectivity index (χ0) is 44.7. The summed E-state index contributed by atoms with van der Waals surface area (Å²) in [5.74, 6) is -10.2. The van der Waals surface area contributed by atoms with Crippen molar-refractivity contribution in [1.29, 1.82) is 0 Å². The molecule has 18 N–H and O–H groups in total. The predicted octanol–water partition coefficient (Wildman–Crippen LogP) is -5.43. The van der Waals surface area contributed by atoms with E-state index in [1.807, 2.05) is 13.8 Å². The van der Waals surface area contributed by atoms with Crippen LogP contribution in [0.25, 0.3) is 0 Å². The molecule has 0 aromatic rings. The van der Waals surface area contributed by atoms with Crippen LogP contribution in [0, 0.1) is 11.8 Å². The lowest BCUT2D eigenvalue weighted by atomic mass is 10.0. The van der Waals surface area contributed by atoms with Gasteiger partial charge in [0.15, 0.2) is 5.96 Å². The van der Waals surface area contributed by atoms with Gasteiger partial charge in [0.2, 0.25) is 41.4 Å². The third-order valence-electron chi connectivity index (χ3n) is 8.19. The summed E-state index contributed by atoms with van der Waals surface area (Å²) in [5, 5.41) is 51.8. The summed E-state index contributed by atoms with van der Waals surface area (Å²) >= 11 is 0. The second kappa shape index (κ2) is 27.1. The molecular weight excluding hydrogens is 770 g/mol. The van der Waals surface area contributed by atoms with Crippen LogP contribution in [0.4, 0.5) is 0 Å². The molecule has 0 aromatic heterocycles. The smallest absolute Gasteiger partial charge is 0.328 e. The minimum atomic E-state index is -1.75. The Labute approximate surface area is 335 Å². The van der Waals surface area contributed by atoms with Crippen molar-refractivity contribution >= 4 is 59.2 Å². The minimum Gasteiger partial charge on any atom is -0.481 e. The minimum absolute atomic E-state index is 0.0167. The number of primary amides is 1. The maximum Gasteiger partial charge on any atom is 0.328 e. The second-order valence-electron chi connectivity index (χ2n) is 14.3. The van der Waals surface area contributed by atoms with Gasteiger partial charge in [0.05, 0.1) is 19.3 Å². The van der Waals surface area contributed by atoms with E-state index in [2.05, 4.69) is 36.9 Å². The summed E-state index contributed by atoms with van der Waals surface area (Å²) in [6.45, 7) is 5.20. The molecule has 330 valence electrons. The van der Waals surface area contributed by atoms with E-state index in [4.69, 9.17) is 22.9 Å². The van der Waals surface area contributed by atoms with Crippen LogP contribution >= 0.6 is 0 Å². The SMILES string of the molecule is CC(C)C[C@H](NC(=O)[C@H](CO)NC(=O)[C@@H](N)CC(C)C)C(=O)N[C@@H](CCC(=O)O)C(=O)N[C@@H](CCC(N)=O)C(=O)N[C@@H](CCCN=C(N)N)C(=O)N[C@@H](CO)C(=O)O. The van der Waals surface area contributed by atoms with Crippen molar-refractivity contribution in [3.63, 3.8) is 0 Å². The molecule has 0 spiro atoms. The summed E-state index contributed by atoms with van der Waals surface area (Å²) in [4.78, 5) is 118. The van der Waals surface area contributed by atoms with Gasteiger partial charge < -0.3 is 75.3 Å². The zero-order valence-electron chi connectivity index (χ0n) is 33.2. The molecule has 0 fully saturated rings. The fourth-order valence-electron chi connectivity index (χ4n) is 5.20. The summed E-state index contributed by atoms with van der Waals surface area (Å²) in [7, 11) is 0. The Morgan fingerprint density at radius 3 is 1.34 bits per heavy atom. The molecule has 7 atom stereocenters. The Balaban J connectivity index is 6.43. The number of aliphatic hydroxyl groups excluding tert-OH is 2. The van der Waals surface area contributed by atoms with E-state index in [0.717, 1.165) is 0 Å². The number of nitrogens with one attached hydrogen (secondary N) is 6. The van der Waals surface area contributed by atoms with Gasteiger partial charge in [-0.1, -0.05) is 27.7 Å². The Kier molecular flexibility index (Phi) is 24.5. The first-order valence-corrected chi connectivity index (χ1v) is 18.6. The average Bonchev–Trinajstić information content (AvgIpc) is 3.12. The normalized spacial score (nSPS) is 14.6. The van der Waals surface area contributed by atoms with Gasteiger partial charge in [0.1, 0.15) is 36.3 Å². The average molecular weight is 832 g/mol. The lowest BCUT2D eigenvalue weighted by molar-refractivity contribution is -0.143. The van der Waals surface area contributed by atoms with Crippen molar-refractivity contribution in [1.82, 2.24) is 31.9 Å². The number of carboxylic acids is 2.